The normalized spacial score (nSPS) is 12.4. The van der Waals surface area contributed by atoms with Crippen LogP contribution in [-0.4, -0.2) is 29.7 Å². The van der Waals surface area contributed by atoms with E-state index in [1.54, 1.807) is 13.3 Å². The van der Waals surface area contributed by atoms with Gasteiger partial charge in [0.2, 0.25) is 0 Å². The van der Waals surface area contributed by atoms with Crippen molar-refractivity contribution < 1.29 is 4.74 Å². The maximum atomic E-state index is 5.39. The summed E-state index contributed by atoms with van der Waals surface area (Å²) < 4.78 is 7.27. The quantitative estimate of drug-likeness (QED) is 0.831. The summed E-state index contributed by atoms with van der Waals surface area (Å²) in [5, 5.41) is 7.62. The lowest BCUT2D eigenvalue weighted by molar-refractivity contribution is 0.401. The van der Waals surface area contributed by atoms with Gasteiger partial charge in [-0.3, -0.25) is 4.68 Å². The Morgan fingerprint density at radius 3 is 2.80 bits per heavy atom. The predicted molar refractivity (Wildman–Crippen MR) is 83.5 cm³/mol. The molecule has 4 nitrogen and oxygen atoms in total. The van der Waals surface area contributed by atoms with Gasteiger partial charge in [-0.25, -0.2) is 0 Å². The van der Waals surface area contributed by atoms with E-state index in [-0.39, 0.29) is 6.04 Å². The Labute approximate surface area is 124 Å². The van der Waals surface area contributed by atoms with E-state index >= 15 is 0 Å². The zero-order valence-corrected chi connectivity index (χ0v) is 13.2. The first-order valence-corrected chi connectivity index (χ1v) is 7.57. The Morgan fingerprint density at radius 1 is 1.40 bits per heavy atom. The van der Waals surface area contributed by atoms with E-state index in [4.69, 9.17) is 4.74 Å². The fourth-order valence-corrected chi connectivity index (χ4v) is 3.31. The fraction of sp³-hybridized carbons (Fsp3) is 0.400. The highest BCUT2D eigenvalue weighted by molar-refractivity contribution is 7.99. The van der Waals surface area contributed by atoms with Gasteiger partial charge in [0, 0.05) is 17.7 Å². The van der Waals surface area contributed by atoms with Crippen molar-refractivity contribution in [1.29, 1.82) is 0 Å². The third-order valence-electron chi connectivity index (χ3n) is 3.35. The summed E-state index contributed by atoms with van der Waals surface area (Å²) in [6.07, 6.45) is 1.76. The molecule has 0 aliphatic carbocycles. The Hall–Kier alpha value is -1.46. The molecule has 0 radical (unpaired) electrons. The topological polar surface area (TPSA) is 39.1 Å². The highest BCUT2D eigenvalue weighted by Crippen LogP contribution is 2.30. The Morgan fingerprint density at radius 2 is 2.15 bits per heavy atom. The van der Waals surface area contributed by atoms with Crippen LogP contribution in [0.15, 0.2) is 35.4 Å². The van der Waals surface area contributed by atoms with E-state index in [0.29, 0.717) is 0 Å². The number of nitrogens with one attached hydrogen (secondary N) is 1. The van der Waals surface area contributed by atoms with Gasteiger partial charge in [0.15, 0.2) is 5.75 Å². The van der Waals surface area contributed by atoms with E-state index < -0.39 is 0 Å². The molecule has 1 atom stereocenters. The van der Waals surface area contributed by atoms with Crippen molar-refractivity contribution in [2.75, 3.05) is 19.9 Å². The molecule has 2 aromatic rings. The van der Waals surface area contributed by atoms with E-state index in [0.717, 1.165) is 17.2 Å². The largest absolute Gasteiger partial charge is 0.493 e. The van der Waals surface area contributed by atoms with Crippen molar-refractivity contribution in [3.63, 3.8) is 0 Å². The smallest absolute Gasteiger partial charge is 0.161 e. The lowest BCUT2D eigenvalue weighted by Crippen LogP contribution is -2.22. The van der Waals surface area contributed by atoms with E-state index in [9.17, 15) is 0 Å². The molecule has 2 rings (SSSR count). The van der Waals surface area contributed by atoms with E-state index in [2.05, 4.69) is 41.6 Å². The number of ether oxygens (including phenoxy) is 1. The summed E-state index contributed by atoms with van der Waals surface area (Å²) in [6.45, 7) is 2.14. The van der Waals surface area contributed by atoms with Crippen LogP contribution in [0.5, 0.6) is 5.75 Å². The molecule has 1 N–H and O–H groups in total. The Bertz CT molecular complexity index is 568. The van der Waals surface area contributed by atoms with Gasteiger partial charge >= 0.3 is 0 Å². The molecular weight excluding hydrogens is 270 g/mol. The van der Waals surface area contributed by atoms with Gasteiger partial charge in [0.1, 0.15) is 0 Å². The predicted octanol–water partition coefficient (Wildman–Crippen LogP) is 2.79. The molecule has 1 unspecified atom stereocenters. The standard InChI is InChI=1S/C15H21N3OS/c1-11-7-5-6-8-14(11)20-10-12(16-2)15-13(19-4)9-17-18(15)3/h5-9,12,16H,10H2,1-4H3. The minimum absolute atomic E-state index is 0.196. The summed E-state index contributed by atoms with van der Waals surface area (Å²) in [4.78, 5) is 1.31. The Kier molecular flexibility index (Phi) is 5.09. The SMILES string of the molecule is CNC(CSc1ccccc1C)c1c(OC)cnn1C. The number of aryl methyl sites for hydroxylation is 2. The van der Waals surface area contributed by atoms with Crippen molar-refractivity contribution in [2.45, 2.75) is 17.9 Å². The van der Waals surface area contributed by atoms with Crippen LogP contribution in [0.3, 0.4) is 0 Å². The molecule has 0 bridgehead atoms. The minimum atomic E-state index is 0.196. The lowest BCUT2D eigenvalue weighted by atomic mass is 10.2. The molecule has 0 fully saturated rings. The zero-order chi connectivity index (χ0) is 14.5. The van der Waals surface area contributed by atoms with Crippen molar-refractivity contribution in [3.8, 4) is 5.75 Å². The number of hydrogen-bond donors (Lipinski definition) is 1. The maximum absolute atomic E-state index is 5.39. The second kappa shape index (κ2) is 6.81. The van der Waals surface area contributed by atoms with Crippen LogP contribution in [0.2, 0.25) is 0 Å². The molecular formula is C15H21N3OS. The van der Waals surface area contributed by atoms with Crippen LogP contribution >= 0.6 is 11.8 Å². The van der Waals surface area contributed by atoms with Crippen molar-refractivity contribution in [1.82, 2.24) is 15.1 Å². The average Bonchev–Trinajstić information content (AvgIpc) is 2.83. The molecule has 0 aliphatic rings. The average molecular weight is 291 g/mol. The fourth-order valence-electron chi connectivity index (χ4n) is 2.17. The molecule has 1 aromatic heterocycles. The van der Waals surface area contributed by atoms with Crippen LogP contribution in [-0.2, 0) is 7.05 Å². The highest BCUT2D eigenvalue weighted by atomic mass is 32.2. The number of nitrogens with zero attached hydrogens (tertiary/aromatic N) is 2. The van der Waals surface area contributed by atoms with Gasteiger partial charge in [-0.05, 0) is 25.6 Å². The summed E-state index contributed by atoms with van der Waals surface area (Å²) in [6, 6.07) is 8.64. The summed E-state index contributed by atoms with van der Waals surface area (Å²) in [7, 11) is 5.60. The molecule has 20 heavy (non-hydrogen) atoms. The number of thioether (sulfide) groups is 1. The number of methoxy groups -OCH3 is 1. The van der Waals surface area contributed by atoms with Gasteiger partial charge in [-0.2, -0.15) is 5.10 Å². The van der Waals surface area contributed by atoms with Crippen molar-refractivity contribution in [2.24, 2.45) is 7.05 Å². The summed E-state index contributed by atoms with van der Waals surface area (Å²) in [5.74, 6) is 1.76. The van der Waals surface area contributed by atoms with Gasteiger partial charge in [-0.1, -0.05) is 18.2 Å². The second-order valence-electron chi connectivity index (χ2n) is 4.64. The van der Waals surface area contributed by atoms with Crippen LogP contribution in [0, 0.1) is 6.92 Å². The van der Waals surface area contributed by atoms with Gasteiger partial charge in [0.05, 0.1) is 25.0 Å². The van der Waals surface area contributed by atoms with Crippen molar-refractivity contribution in [3.05, 3.63) is 41.7 Å². The molecule has 5 heteroatoms. The third kappa shape index (κ3) is 3.16. The van der Waals surface area contributed by atoms with Gasteiger partial charge < -0.3 is 10.1 Å². The number of rotatable bonds is 6. The maximum Gasteiger partial charge on any atom is 0.161 e. The minimum Gasteiger partial charge on any atom is -0.493 e. The zero-order valence-electron chi connectivity index (χ0n) is 12.4. The molecule has 0 spiro atoms. The first-order valence-electron chi connectivity index (χ1n) is 6.59. The number of aromatic nitrogens is 2. The van der Waals surface area contributed by atoms with Crippen molar-refractivity contribution >= 4 is 11.8 Å². The third-order valence-corrected chi connectivity index (χ3v) is 4.62. The number of hydrogen-bond acceptors (Lipinski definition) is 4. The molecule has 0 saturated heterocycles. The van der Waals surface area contributed by atoms with E-state index in [1.165, 1.54) is 10.5 Å². The molecule has 0 saturated carbocycles. The van der Waals surface area contributed by atoms with Crippen LogP contribution in [0.4, 0.5) is 0 Å². The summed E-state index contributed by atoms with van der Waals surface area (Å²) in [5.41, 5.74) is 2.39. The first kappa shape index (κ1) is 14.9. The number of benzene rings is 1. The first-order chi connectivity index (χ1) is 9.67. The second-order valence-corrected chi connectivity index (χ2v) is 5.70. The molecule has 0 aliphatic heterocycles. The molecule has 108 valence electrons. The van der Waals surface area contributed by atoms with Crippen LogP contribution in [0.1, 0.15) is 17.3 Å². The van der Waals surface area contributed by atoms with E-state index in [1.807, 2.05) is 30.5 Å². The van der Waals surface area contributed by atoms with Gasteiger partial charge in [-0.15, -0.1) is 11.8 Å². The Balaban J connectivity index is 2.13. The molecule has 0 amide bonds. The summed E-state index contributed by atoms with van der Waals surface area (Å²) >= 11 is 1.85. The monoisotopic (exact) mass is 291 g/mol. The van der Waals surface area contributed by atoms with Crippen LogP contribution in [0.25, 0.3) is 0 Å². The van der Waals surface area contributed by atoms with Gasteiger partial charge in [0.25, 0.3) is 0 Å². The lowest BCUT2D eigenvalue weighted by Gasteiger charge is -2.18. The molecule has 1 aromatic carbocycles. The molecule has 1 heterocycles. The van der Waals surface area contributed by atoms with Crippen LogP contribution < -0.4 is 10.1 Å². The highest BCUT2D eigenvalue weighted by Gasteiger charge is 2.19.